The number of rotatable bonds is 7. The maximum atomic E-state index is 12.4. The summed E-state index contributed by atoms with van der Waals surface area (Å²) in [5, 5.41) is 0. The van der Waals surface area contributed by atoms with E-state index in [-0.39, 0.29) is 5.91 Å². The molecule has 28 heavy (non-hydrogen) atoms. The standard InChI is InChI=1S/C22H28N2O4/c1-6-27-20-12-17(8-10-19(20)28-13-14(2)3)21(25)23-24-22(26)18-9-7-15(4)11-16(18)5/h7-12,14H,6,13H2,1-5H3,(H,23,25)(H,24,26). The first-order chi connectivity index (χ1) is 13.3. The number of hydrazine groups is 1. The van der Waals surface area contributed by atoms with Gasteiger partial charge in [0.1, 0.15) is 0 Å². The first-order valence-electron chi connectivity index (χ1n) is 9.39. The average molecular weight is 384 g/mol. The molecule has 0 aromatic heterocycles. The number of carbonyl (C=O) groups is 2. The van der Waals surface area contributed by atoms with Crippen LogP contribution in [-0.2, 0) is 0 Å². The molecule has 0 saturated heterocycles. The van der Waals surface area contributed by atoms with Gasteiger partial charge in [0.05, 0.1) is 13.2 Å². The highest BCUT2D eigenvalue weighted by molar-refractivity contribution is 6.00. The van der Waals surface area contributed by atoms with E-state index in [1.165, 1.54) is 0 Å². The molecule has 0 radical (unpaired) electrons. The summed E-state index contributed by atoms with van der Waals surface area (Å²) in [5.74, 6) is 0.656. The van der Waals surface area contributed by atoms with Crippen LogP contribution in [0.2, 0.25) is 0 Å². The van der Waals surface area contributed by atoms with E-state index >= 15 is 0 Å². The van der Waals surface area contributed by atoms with Crippen LogP contribution in [0, 0.1) is 19.8 Å². The summed E-state index contributed by atoms with van der Waals surface area (Å²) in [7, 11) is 0. The normalized spacial score (nSPS) is 10.5. The van der Waals surface area contributed by atoms with Gasteiger partial charge < -0.3 is 9.47 Å². The smallest absolute Gasteiger partial charge is 0.269 e. The number of benzene rings is 2. The van der Waals surface area contributed by atoms with Crippen molar-refractivity contribution < 1.29 is 19.1 Å². The zero-order valence-corrected chi connectivity index (χ0v) is 17.1. The Morgan fingerprint density at radius 3 is 2.29 bits per heavy atom. The minimum absolute atomic E-state index is 0.362. The SMILES string of the molecule is CCOc1cc(C(=O)NNC(=O)c2ccc(C)cc2C)ccc1OCC(C)C. The lowest BCUT2D eigenvalue weighted by Crippen LogP contribution is -2.41. The largest absolute Gasteiger partial charge is 0.490 e. The van der Waals surface area contributed by atoms with Crippen LogP contribution < -0.4 is 20.3 Å². The maximum Gasteiger partial charge on any atom is 0.269 e. The zero-order valence-electron chi connectivity index (χ0n) is 17.1. The van der Waals surface area contributed by atoms with E-state index in [0.717, 1.165) is 11.1 Å². The van der Waals surface area contributed by atoms with Gasteiger partial charge in [-0.1, -0.05) is 31.5 Å². The maximum absolute atomic E-state index is 12.4. The first kappa shape index (κ1) is 21.3. The van der Waals surface area contributed by atoms with Crippen LogP contribution in [0.25, 0.3) is 0 Å². The van der Waals surface area contributed by atoms with Gasteiger partial charge >= 0.3 is 0 Å². The lowest BCUT2D eigenvalue weighted by atomic mass is 10.1. The van der Waals surface area contributed by atoms with Gasteiger partial charge in [-0.3, -0.25) is 20.4 Å². The van der Waals surface area contributed by atoms with Crippen molar-refractivity contribution in [1.29, 1.82) is 0 Å². The van der Waals surface area contributed by atoms with Gasteiger partial charge in [0.25, 0.3) is 11.8 Å². The van der Waals surface area contributed by atoms with Crippen molar-refractivity contribution in [1.82, 2.24) is 10.9 Å². The van der Waals surface area contributed by atoms with Crippen molar-refractivity contribution in [3.05, 3.63) is 58.7 Å². The summed E-state index contributed by atoms with van der Waals surface area (Å²) in [6.45, 7) is 10.8. The fourth-order valence-electron chi connectivity index (χ4n) is 2.61. The Bertz CT molecular complexity index is 846. The predicted octanol–water partition coefficient (Wildman–Crippen LogP) is 3.81. The summed E-state index contributed by atoms with van der Waals surface area (Å²) >= 11 is 0. The summed E-state index contributed by atoms with van der Waals surface area (Å²) in [4.78, 5) is 24.7. The number of carbonyl (C=O) groups excluding carboxylic acids is 2. The van der Waals surface area contributed by atoms with E-state index in [4.69, 9.17) is 9.47 Å². The zero-order chi connectivity index (χ0) is 20.7. The monoisotopic (exact) mass is 384 g/mol. The molecule has 2 amide bonds. The second-order valence-corrected chi connectivity index (χ2v) is 7.03. The molecule has 2 aromatic rings. The lowest BCUT2D eigenvalue weighted by Gasteiger charge is -2.15. The molecule has 0 saturated carbocycles. The fraction of sp³-hybridized carbons (Fsp3) is 0.364. The van der Waals surface area contributed by atoms with Gasteiger partial charge in [0.15, 0.2) is 11.5 Å². The molecule has 6 nitrogen and oxygen atoms in total. The van der Waals surface area contributed by atoms with Gasteiger partial charge in [0, 0.05) is 11.1 Å². The molecule has 0 aliphatic heterocycles. The predicted molar refractivity (Wildman–Crippen MR) is 109 cm³/mol. The third-order valence-electron chi connectivity index (χ3n) is 3.99. The number of nitrogens with one attached hydrogen (secondary N) is 2. The molecular weight excluding hydrogens is 356 g/mol. The molecule has 0 spiro atoms. The topological polar surface area (TPSA) is 76.7 Å². The summed E-state index contributed by atoms with van der Waals surface area (Å²) in [6, 6.07) is 10.5. The number of amides is 2. The van der Waals surface area contributed by atoms with Gasteiger partial charge in [-0.25, -0.2) is 0 Å². The van der Waals surface area contributed by atoms with Crippen molar-refractivity contribution in [3.63, 3.8) is 0 Å². The van der Waals surface area contributed by atoms with Gasteiger partial charge in [-0.15, -0.1) is 0 Å². The third-order valence-corrected chi connectivity index (χ3v) is 3.99. The average Bonchev–Trinajstić information content (AvgIpc) is 2.65. The summed E-state index contributed by atoms with van der Waals surface area (Å²) in [6.07, 6.45) is 0. The molecule has 0 fully saturated rings. The Labute approximate surface area is 166 Å². The van der Waals surface area contributed by atoms with Gasteiger partial charge in [-0.05, 0) is 56.5 Å². The minimum Gasteiger partial charge on any atom is -0.490 e. The number of hydrogen-bond acceptors (Lipinski definition) is 4. The van der Waals surface area contributed by atoms with Crippen LogP contribution in [0.3, 0.4) is 0 Å². The quantitative estimate of drug-likeness (QED) is 0.712. The van der Waals surface area contributed by atoms with Crippen molar-refractivity contribution in [2.75, 3.05) is 13.2 Å². The van der Waals surface area contributed by atoms with Crippen molar-refractivity contribution in [3.8, 4) is 11.5 Å². The second kappa shape index (κ2) is 9.78. The van der Waals surface area contributed by atoms with E-state index < -0.39 is 5.91 Å². The second-order valence-electron chi connectivity index (χ2n) is 7.03. The van der Waals surface area contributed by atoms with E-state index in [0.29, 0.717) is 41.8 Å². The Morgan fingerprint density at radius 1 is 0.929 bits per heavy atom. The first-order valence-corrected chi connectivity index (χ1v) is 9.39. The van der Waals surface area contributed by atoms with Crippen LogP contribution in [0.4, 0.5) is 0 Å². The number of hydrogen-bond donors (Lipinski definition) is 2. The molecule has 6 heteroatoms. The Balaban J connectivity index is 2.06. The van der Waals surface area contributed by atoms with Crippen LogP contribution in [0.1, 0.15) is 52.6 Å². The molecule has 0 atom stereocenters. The highest BCUT2D eigenvalue weighted by atomic mass is 16.5. The molecule has 0 unspecified atom stereocenters. The molecule has 2 rings (SSSR count). The minimum atomic E-state index is -0.436. The molecule has 0 aliphatic carbocycles. The van der Waals surface area contributed by atoms with Crippen LogP contribution >= 0.6 is 0 Å². The molecule has 150 valence electrons. The fourth-order valence-corrected chi connectivity index (χ4v) is 2.61. The highest BCUT2D eigenvalue weighted by Gasteiger charge is 2.14. The molecule has 0 aliphatic rings. The van der Waals surface area contributed by atoms with Gasteiger partial charge in [-0.2, -0.15) is 0 Å². The van der Waals surface area contributed by atoms with Crippen LogP contribution in [-0.4, -0.2) is 25.0 Å². The lowest BCUT2D eigenvalue weighted by molar-refractivity contribution is 0.0846. The molecule has 2 N–H and O–H groups in total. The number of ether oxygens (including phenoxy) is 2. The van der Waals surface area contributed by atoms with Crippen molar-refractivity contribution in [2.24, 2.45) is 5.92 Å². The van der Waals surface area contributed by atoms with E-state index in [1.807, 2.05) is 32.9 Å². The number of aryl methyl sites for hydroxylation is 2. The van der Waals surface area contributed by atoms with E-state index in [2.05, 4.69) is 24.7 Å². The van der Waals surface area contributed by atoms with E-state index in [1.54, 1.807) is 24.3 Å². The van der Waals surface area contributed by atoms with Crippen LogP contribution in [0.15, 0.2) is 36.4 Å². The Kier molecular flexibility index (Phi) is 7.44. The molecule has 0 heterocycles. The third kappa shape index (κ3) is 5.74. The van der Waals surface area contributed by atoms with Crippen molar-refractivity contribution in [2.45, 2.75) is 34.6 Å². The molecule has 2 aromatic carbocycles. The Morgan fingerprint density at radius 2 is 1.64 bits per heavy atom. The molecular formula is C22H28N2O4. The summed E-state index contributed by atoms with van der Waals surface area (Å²) < 4.78 is 11.3. The van der Waals surface area contributed by atoms with Gasteiger partial charge in [0.2, 0.25) is 0 Å². The summed E-state index contributed by atoms with van der Waals surface area (Å²) in [5.41, 5.74) is 7.69. The van der Waals surface area contributed by atoms with E-state index in [9.17, 15) is 9.59 Å². The highest BCUT2D eigenvalue weighted by Crippen LogP contribution is 2.29. The van der Waals surface area contributed by atoms with Crippen LogP contribution in [0.5, 0.6) is 11.5 Å². The Hall–Kier alpha value is -3.02. The van der Waals surface area contributed by atoms with Crippen molar-refractivity contribution >= 4 is 11.8 Å². The molecule has 0 bridgehead atoms.